The van der Waals surface area contributed by atoms with Crippen molar-refractivity contribution in [2.24, 2.45) is 0 Å². The van der Waals surface area contributed by atoms with Crippen LogP contribution < -0.4 is 20.3 Å². The van der Waals surface area contributed by atoms with Gasteiger partial charge in [0.1, 0.15) is 11.5 Å². The number of carbonyl (C=O) groups is 2. The zero-order valence-electron chi connectivity index (χ0n) is 15.9. The van der Waals surface area contributed by atoms with Gasteiger partial charge in [0.15, 0.2) is 17.5 Å². The van der Waals surface area contributed by atoms with Crippen molar-refractivity contribution in [1.29, 1.82) is 0 Å². The zero-order chi connectivity index (χ0) is 21.1. The molecule has 9 heteroatoms. The van der Waals surface area contributed by atoms with Crippen LogP contribution >= 0.6 is 11.8 Å². The molecule has 30 heavy (non-hydrogen) atoms. The topological polar surface area (TPSA) is 110 Å². The summed E-state index contributed by atoms with van der Waals surface area (Å²) < 4.78 is 10.4. The van der Waals surface area contributed by atoms with E-state index in [-0.39, 0.29) is 29.6 Å². The second kappa shape index (κ2) is 8.42. The highest BCUT2D eigenvalue weighted by Gasteiger charge is 2.18. The van der Waals surface area contributed by atoms with Gasteiger partial charge in [-0.3, -0.25) is 14.4 Å². The number of methoxy groups -OCH3 is 1. The Bertz CT molecular complexity index is 1170. The molecule has 1 aliphatic rings. The number of thioether (sulfide) groups is 1. The number of rotatable bonds is 6. The molecule has 2 aromatic carbocycles. The number of amides is 1. The number of ketones is 1. The highest BCUT2D eigenvalue weighted by atomic mass is 32.2. The van der Waals surface area contributed by atoms with Crippen molar-refractivity contribution in [3.8, 4) is 22.8 Å². The van der Waals surface area contributed by atoms with Gasteiger partial charge in [-0.1, -0.05) is 11.8 Å². The predicted octanol–water partition coefficient (Wildman–Crippen LogP) is 2.75. The normalized spacial score (nSPS) is 12.5. The number of benzene rings is 2. The fourth-order valence-corrected chi connectivity index (χ4v) is 3.66. The molecule has 152 valence electrons. The largest absolute Gasteiger partial charge is 0.497 e. The number of aromatic amines is 1. The maximum Gasteiger partial charge on any atom is 0.262 e. The predicted molar refractivity (Wildman–Crippen MR) is 112 cm³/mol. The Labute approximate surface area is 175 Å². The number of ether oxygens (including phenoxy) is 2. The molecule has 0 spiro atoms. The van der Waals surface area contributed by atoms with Gasteiger partial charge >= 0.3 is 0 Å². The lowest BCUT2D eigenvalue weighted by Gasteiger charge is -2.18. The van der Waals surface area contributed by atoms with Gasteiger partial charge in [-0.2, -0.15) is 0 Å². The fraction of sp³-hybridized carbons (Fsp3) is 0.143. The third-order valence-electron chi connectivity index (χ3n) is 4.38. The molecule has 8 nitrogen and oxygen atoms in total. The molecule has 1 amide bonds. The smallest absolute Gasteiger partial charge is 0.262 e. The Morgan fingerprint density at radius 1 is 1.17 bits per heavy atom. The summed E-state index contributed by atoms with van der Waals surface area (Å²) in [5.41, 5.74) is 1.86. The van der Waals surface area contributed by atoms with E-state index < -0.39 is 0 Å². The molecular weight excluding hydrogens is 406 g/mol. The Balaban J connectivity index is 1.49. The average molecular weight is 423 g/mol. The van der Waals surface area contributed by atoms with Gasteiger partial charge in [-0.25, -0.2) is 4.98 Å². The summed E-state index contributed by atoms with van der Waals surface area (Å²) in [6.07, 6.45) is 0. The Hall–Kier alpha value is -3.59. The quantitative estimate of drug-likeness (QED) is 0.356. The van der Waals surface area contributed by atoms with Crippen molar-refractivity contribution in [3.63, 3.8) is 0 Å². The molecule has 1 aliphatic heterocycles. The molecule has 0 atom stereocenters. The maximum absolute atomic E-state index is 12.6. The van der Waals surface area contributed by atoms with E-state index in [1.54, 1.807) is 37.4 Å². The summed E-state index contributed by atoms with van der Waals surface area (Å²) in [6, 6.07) is 13.5. The van der Waals surface area contributed by atoms with Gasteiger partial charge in [0.05, 0.1) is 24.2 Å². The van der Waals surface area contributed by atoms with Gasteiger partial charge in [0, 0.05) is 17.2 Å². The summed E-state index contributed by atoms with van der Waals surface area (Å²) >= 11 is 1.13. The number of Topliss-reactive ketones (excluding diaryl/α,β-unsaturated/α-hetero) is 1. The van der Waals surface area contributed by atoms with Crippen LogP contribution in [0, 0.1) is 0 Å². The first-order valence-electron chi connectivity index (χ1n) is 9.00. The van der Waals surface area contributed by atoms with Crippen LogP contribution in [0.15, 0.2) is 58.5 Å². The molecule has 1 aromatic heterocycles. The van der Waals surface area contributed by atoms with Crippen LogP contribution in [-0.2, 0) is 4.79 Å². The summed E-state index contributed by atoms with van der Waals surface area (Å²) in [4.78, 5) is 43.2. The van der Waals surface area contributed by atoms with E-state index in [0.29, 0.717) is 33.6 Å². The average Bonchev–Trinajstić information content (AvgIpc) is 2.76. The lowest BCUT2D eigenvalue weighted by atomic mass is 10.1. The van der Waals surface area contributed by atoms with Gasteiger partial charge in [-0.15, -0.1) is 0 Å². The Kier molecular flexibility index (Phi) is 5.53. The molecule has 0 fully saturated rings. The van der Waals surface area contributed by atoms with Crippen LogP contribution in [0.1, 0.15) is 10.4 Å². The zero-order valence-corrected chi connectivity index (χ0v) is 16.7. The van der Waals surface area contributed by atoms with Crippen LogP contribution in [0.3, 0.4) is 0 Å². The molecule has 4 rings (SSSR count). The molecule has 0 radical (unpaired) electrons. The SMILES string of the molecule is COc1ccc(-c2cc(=O)[nH]c(SCC(=O)c3ccc4c(c3)NC(=O)CO4)n2)cc1. The van der Waals surface area contributed by atoms with Crippen LogP contribution in [0.2, 0.25) is 0 Å². The first kappa shape index (κ1) is 19.7. The Morgan fingerprint density at radius 3 is 2.73 bits per heavy atom. The van der Waals surface area contributed by atoms with E-state index >= 15 is 0 Å². The van der Waals surface area contributed by atoms with Gasteiger partial charge < -0.3 is 19.8 Å². The number of anilines is 1. The van der Waals surface area contributed by atoms with E-state index in [1.165, 1.54) is 6.07 Å². The molecule has 0 saturated heterocycles. The number of nitrogens with one attached hydrogen (secondary N) is 2. The summed E-state index contributed by atoms with van der Waals surface area (Å²) in [7, 11) is 1.58. The van der Waals surface area contributed by atoms with Crippen molar-refractivity contribution in [2.45, 2.75) is 5.16 Å². The molecule has 2 heterocycles. The highest BCUT2D eigenvalue weighted by molar-refractivity contribution is 7.99. The van der Waals surface area contributed by atoms with E-state index in [2.05, 4.69) is 15.3 Å². The van der Waals surface area contributed by atoms with Crippen molar-refractivity contribution < 1.29 is 19.1 Å². The van der Waals surface area contributed by atoms with Crippen molar-refractivity contribution >= 4 is 29.1 Å². The van der Waals surface area contributed by atoms with E-state index in [1.807, 2.05) is 12.1 Å². The number of nitrogens with zero attached hydrogens (tertiary/aromatic N) is 1. The second-order valence-corrected chi connectivity index (χ2v) is 7.39. The van der Waals surface area contributed by atoms with Crippen LogP contribution in [0.5, 0.6) is 11.5 Å². The van der Waals surface area contributed by atoms with Gasteiger partial charge in [0.25, 0.3) is 11.5 Å². The standard InChI is InChI=1S/C21H17N3O5S/c1-28-14-5-2-12(3-6-14)15-9-19(26)24-21(23-15)30-11-17(25)13-4-7-18-16(8-13)22-20(27)10-29-18/h2-9H,10-11H2,1H3,(H,22,27)(H,23,24,26). The minimum absolute atomic E-state index is 0.0420. The summed E-state index contributed by atoms with van der Waals surface area (Å²) in [5.74, 6) is 0.869. The number of aromatic nitrogens is 2. The maximum atomic E-state index is 12.6. The van der Waals surface area contributed by atoms with E-state index in [9.17, 15) is 14.4 Å². The third-order valence-corrected chi connectivity index (χ3v) is 5.25. The van der Waals surface area contributed by atoms with Gasteiger partial charge in [-0.05, 0) is 42.5 Å². The molecule has 0 aliphatic carbocycles. The molecule has 0 saturated carbocycles. The monoisotopic (exact) mass is 423 g/mol. The molecule has 0 bridgehead atoms. The number of hydrogen-bond acceptors (Lipinski definition) is 7. The lowest BCUT2D eigenvalue weighted by Crippen LogP contribution is -2.25. The number of carbonyl (C=O) groups excluding carboxylic acids is 2. The lowest BCUT2D eigenvalue weighted by molar-refractivity contribution is -0.118. The first-order chi connectivity index (χ1) is 14.5. The van der Waals surface area contributed by atoms with Crippen LogP contribution in [-0.4, -0.2) is 41.1 Å². The highest BCUT2D eigenvalue weighted by Crippen LogP contribution is 2.29. The van der Waals surface area contributed by atoms with Crippen molar-refractivity contribution in [1.82, 2.24) is 9.97 Å². The third kappa shape index (κ3) is 4.36. The second-order valence-electron chi connectivity index (χ2n) is 6.42. The molecule has 2 N–H and O–H groups in total. The Morgan fingerprint density at radius 2 is 1.97 bits per heavy atom. The van der Waals surface area contributed by atoms with Gasteiger partial charge in [0.2, 0.25) is 0 Å². The minimum atomic E-state index is -0.306. The summed E-state index contributed by atoms with van der Waals surface area (Å²) in [5, 5.41) is 3.02. The van der Waals surface area contributed by atoms with Crippen LogP contribution in [0.25, 0.3) is 11.3 Å². The summed E-state index contributed by atoms with van der Waals surface area (Å²) in [6.45, 7) is -0.0420. The van der Waals surface area contributed by atoms with E-state index in [0.717, 1.165) is 17.3 Å². The number of H-pyrrole nitrogens is 1. The van der Waals surface area contributed by atoms with Crippen molar-refractivity contribution in [3.05, 3.63) is 64.4 Å². The minimum Gasteiger partial charge on any atom is -0.497 e. The fourth-order valence-electron chi connectivity index (χ4n) is 2.89. The number of fused-ring (bicyclic) bond motifs is 1. The molecule has 0 unspecified atom stereocenters. The van der Waals surface area contributed by atoms with Crippen LogP contribution in [0.4, 0.5) is 5.69 Å². The number of hydrogen-bond donors (Lipinski definition) is 2. The van der Waals surface area contributed by atoms with Crippen molar-refractivity contribution in [2.75, 3.05) is 24.8 Å². The van der Waals surface area contributed by atoms with E-state index in [4.69, 9.17) is 9.47 Å². The molecule has 3 aromatic rings. The first-order valence-corrected chi connectivity index (χ1v) is 9.99. The molecular formula is C21H17N3O5S.